The van der Waals surface area contributed by atoms with Crippen LogP contribution in [-0.2, 0) is 11.3 Å². The van der Waals surface area contributed by atoms with Crippen molar-refractivity contribution < 1.29 is 4.21 Å². The summed E-state index contributed by atoms with van der Waals surface area (Å²) in [5.41, 5.74) is 0. The molecule has 0 aromatic heterocycles. The maximum atomic E-state index is 9.95. The van der Waals surface area contributed by atoms with Crippen LogP contribution in [0.25, 0.3) is 0 Å². The first-order valence-corrected chi connectivity index (χ1v) is 3.06. The van der Waals surface area contributed by atoms with E-state index in [4.69, 9.17) is 0 Å². The highest BCUT2D eigenvalue weighted by Crippen LogP contribution is 1.90. The van der Waals surface area contributed by atoms with E-state index in [0.29, 0.717) is 17.2 Å². The van der Waals surface area contributed by atoms with Crippen molar-refractivity contribution >= 4 is 16.1 Å². The SMILES string of the molecule is CC(=S=O)C(C)C. The molecule has 0 atom stereocenters. The minimum atomic E-state index is 0.433. The van der Waals surface area contributed by atoms with E-state index in [1.54, 1.807) is 0 Å². The summed E-state index contributed by atoms with van der Waals surface area (Å²) in [5, 5.41) is 0. The smallest absolute Gasteiger partial charge is 0.0875 e. The van der Waals surface area contributed by atoms with Crippen LogP contribution in [-0.4, -0.2) is 9.07 Å². The minimum Gasteiger partial charge on any atom is -0.212 e. The van der Waals surface area contributed by atoms with Crippen LogP contribution in [0.15, 0.2) is 0 Å². The van der Waals surface area contributed by atoms with E-state index in [9.17, 15) is 4.21 Å². The van der Waals surface area contributed by atoms with Gasteiger partial charge >= 0.3 is 0 Å². The largest absolute Gasteiger partial charge is 0.212 e. The van der Waals surface area contributed by atoms with E-state index in [-0.39, 0.29) is 0 Å². The van der Waals surface area contributed by atoms with Crippen molar-refractivity contribution in [3.8, 4) is 0 Å². The Bertz CT molecular complexity index is 101. The summed E-state index contributed by atoms with van der Waals surface area (Å²) in [6.07, 6.45) is 0. The monoisotopic (exact) mass is 118 g/mol. The molecular formula is C5H10OS. The number of hydrogen-bond donors (Lipinski definition) is 0. The summed E-state index contributed by atoms with van der Waals surface area (Å²) in [6.45, 7) is 5.89. The molecule has 0 fully saturated rings. The molecule has 42 valence electrons. The van der Waals surface area contributed by atoms with Gasteiger partial charge in [0.1, 0.15) is 0 Å². The van der Waals surface area contributed by atoms with E-state index in [2.05, 4.69) is 0 Å². The maximum Gasteiger partial charge on any atom is 0.0875 e. The Hall–Kier alpha value is -0.110. The van der Waals surface area contributed by atoms with Crippen molar-refractivity contribution in [2.45, 2.75) is 20.8 Å². The third-order valence-electron chi connectivity index (χ3n) is 0.944. The molecule has 0 N–H and O–H groups in total. The molecule has 0 radical (unpaired) electrons. The lowest BCUT2D eigenvalue weighted by Crippen LogP contribution is -1.99. The van der Waals surface area contributed by atoms with Gasteiger partial charge in [-0.1, -0.05) is 13.8 Å². The van der Waals surface area contributed by atoms with Crippen LogP contribution in [0, 0.1) is 5.92 Å². The van der Waals surface area contributed by atoms with Crippen molar-refractivity contribution in [2.24, 2.45) is 5.92 Å². The molecule has 0 saturated heterocycles. The average molecular weight is 118 g/mol. The highest BCUT2D eigenvalue weighted by molar-refractivity contribution is 7.66. The first-order chi connectivity index (χ1) is 3.18. The highest BCUT2D eigenvalue weighted by Gasteiger charge is 1.93. The second-order valence-corrected chi connectivity index (χ2v) is 2.66. The lowest BCUT2D eigenvalue weighted by Gasteiger charge is -1.94. The molecule has 0 saturated carbocycles. The normalized spacial score (nSPS) is 9.14. The van der Waals surface area contributed by atoms with Crippen LogP contribution >= 0.6 is 0 Å². The van der Waals surface area contributed by atoms with Gasteiger partial charge in [-0.2, -0.15) is 0 Å². The molecule has 0 aliphatic heterocycles. The molecule has 0 aromatic carbocycles. The van der Waals surface area contributed by atoms with E-state index in [0.717, 1.165) is 4.86 Å². The molecular weight excluding hydrogens is 108 g/mol. The third-order valence-corrected chi connectivity index (χ3v) is 1.68. The van der Waals surface area contributed by atoms with E-state index < -0.39 is 0 Å². The highest BCUT2D eigenvalue weighted by atomic mass is 32.1. The third kappa shape index (κ3) is 2.57. The molecule has 0 bridgehead atoms. The van der Waals surface area contributed by atoms with E-state index >= 15 is 0 Å². The topological polar surface area (TPSA) is 17.1 Å². The van der Waals surface area contributed by atoms with Crippen LogP contribution in [0.1, 0.15) is 20.8 Å². The molecule has 0 aromatic rings. The molecule has 0 rings (SSSR count). The lowest BCUT2D eigenvalue weighted by molar-refractivity contribution is 0.700. The van der Waals surface area contributed by atoms with Crippen molar-refractivity contribution in [3.63, 3.8) is 0 Å². The molecule has 0 spiro atoms. The summed E-state index contributed by atoms with van der Waals surface area (Å²) >= 11 is 0.600. The van der Waals surface area contributed by atoms with Gasteiger partial charge in [0, 0.05) is 4.86 Å². The van der Waals surface area contributed by atoms with Gasteiger partial charge < -0.3 is 0 Å². The number of hydrogen-bond acceptors (Lipinski definition) is 1. The van der Waals surface area contributed by atoms with E-state index in [1.165, 1.54) is 0 Å². The van der Waals surface area contributed by atoms with Gasteiger partial charge in [0.15, 0.2) is 0 Å². The van der Waals surface area contributed by atoms with E-state index in [1.807, 2.05) is 20.8 Å². The summed E-state index contributed by atoms with van der Waals surface area (Å²) in [6, 6.07) is 0. The molecule has 0 aliphatic carbocycles. The van der Waals surface area contributed by atoms with Crippen molar-refractivity contribution in [3.05, 3.63) is 0 Å². The zero-order valence-electron chi connectivity index (χ0n) is 4.89. The summed E-state index contributed by atoms with van der Waals surface area (Å²) in [4.78, 5) is 0.958. The zero-order valence-corrected chi connectivity index (χ0v) is 5.71. The van der Waals surface area contributed by atoms with Crippen LogP contribution in [0.4, 0.5) is 0 Å². The van der Waals surface area contributed by atoms with Gasteiger partial charge in [-0.3, -0.25) is 0 Å². The fourth-order valence-electron chi connectivity index (χ4n) is 0.0962. The lowest BCUT2D eigenvalue weighted by atomic mass is 10.2. The molecule has 2 heteroatoms. The van der Waals surface area contributed by atoms with Gasteiger partial charge in [-0.15, -0.1) is 0 Å². The molecule has 0 heterocycles. The van der Waals surface area contributed by atoms with Crippen LogP contribution in [0.2, 0.25) is 0 Å². The standard InChI is InChI=1S/C5H10OS/c1-4(2)5(3)7-6/h4H,1-3H3. The summed E-state index contributed by atoms with van der Waals surface area (Å²) < 4.78 is 9.95. The Kier molecular flexibility index (Phi) is 2.92. The molecule has 7 heavy (non-hydrogen) atoms. The van der Waals surface area contributed by atoms with Crippen molar-refractivity contribution in [1.29, 1.82) is 0 Å². The fraction of sp³-hybridized carbons (Fsp3) is 0.800. The van der Waals surface area contributed by atoms with Crippen molar-refractivity contribution in [1.82, 2.24) is 0 Å². The number of rotatable bonds is 1. The average Bonchev–Trinajstić information content (AvgIpc) is 1.65. The fourth-order valence-corrected chi connectivity index (χ4v) is 0.289. The van der Waals surface area contributed by atoms with Gasteiger partial charge in [0.05, 0.1) is 11.3 Å². The second kappa shape index (κ2) is 2.97. The Morgan fingerprint density at radius 1 is 1.57 bits per heavy atom. The van der Waals surface area contributed by atoms with Crippen LogP contribution in [0.5, 0.6) is 0 Å². The van der Waals surface area contributed by atoms with Crippen molar-refractivity contribution in [2.75, 3.05) is 0 Å². The molecule has 0 unspecified atom stereocenters. The molecule has 1 nitrogen and oxygen atoms in total. The maximum absolute atomic E-state index is 9.95. The predicted molar refractivity (Wildman–Crippen MR) is 33.7 cm³/mol. The van der Waals surface area contributed by atoms with Crippen LogP contribution < -0.4 is 0 Å². The first kappa shape index (κ1) is 6.89. The zero-order chi connectivity index (χ0) is 5.86. The van der Waals surface area contributed by atoms with Gasteiger partial charge in [0.25, 0.3) is 0 Å². The molecule has 0 aliphatic rings. The van der Waals surface area contributed by atoms with Gasteiger partial charge in [-0.05, 0) is 12.8 Å². The molecule has 0 amide bonds. The summed E-state index contributed by atoms with van der Waals surface area (Å²) in [7, 11) is 0. The van der Waals surface area contributed by atoms with Crippen LogP contribution in [0.3, 0.4) is 0 Å². The van der Waals surface area contributed by atoms with Gasteiger partial charge in [0.2, 0.25) is 0 Å². The summed E-state index contributed by atoms with van der Waals surface area (Å²) in [5.74, 6) is 0.433. The Morgan fingerprint density at radius 3 is 2.00 bits per heavy atom. The Balaban J connectivity index is 3.81. The minimum absolute atomic E-state index is 0.433. The quantitative estimate of drug-likeness (QED) is 0.470. The predicted octanol–water partition coefficient (Wildman–Crippen LogP) is 1.05. The second-order valence-electron chi connectivity index (χ2n) is 1.85. The van der Waals surface area contributed by atoms with Gasteiger partial charge in [-0.25, -0.2) is 4.21 Å². The Morgan fingerprint density at radius 2 is 2.00 bits per heavy atom. The Labute approximate surface area is 47.8 Å². The first-order valence-electron chi connectivity index (χ1n) is 2.31.